The zero-order valence-corrected chi connectivity index (χ0v) is 10.7. The van der Waals surface area contributed by atoms with E-state index in [2.05, 4.69) is 5.32 Å². The minimum Gasteiger partial charge on any atom is -0.508 e. The zero-order valence-electron chi connectivity index (χ0n) is 9.93. The number of amides is 1. The smallest absolute Gasteiger partial charge is 0.257 e. The number of phenolic OH excluding ortho intramolecular Hbond substituents is 1. The highest BCUT2D eigenvalue weighted by Crippen LogP contribution is 2.22. The topological polar surface area (TPSA) is 69.6 Å². The molecule has 0 aliphatic heterocycles. The van der Waals surface area contributed by atoms with Gasteiger partial charge in [0.1, 0.15) is 5.75 Å². The molecular weight excluding hydrogens is 266 g/mol. The third-order valence-corrected chi connectivity index (χ3v) is 2.89. The van der Waals surface area contributed by atoms with Gasteiger partial charge >= 0.3 is 0 Å². The van der Waals surface area contributed by atoms with Crippen LogP contribution < -0.4 is 5.32 Å². The Bertz CT molecular complexity index is 613. The number of rotatable bonds is 3. The maximum Gasteiger partial charge on any atom is 0.257 e. The van der Waals surface area contributed by atoms with E-state index in [1.807, 2.05) is 0 Å². The number of halogens is 1. The van der Waals surface area contributed by atoms with Gasteiger partial charge < -0.3 is 15.5 Å². The number of carbonyl (C=O) groups is 1. The van der Waals surface area contributed by atoms with Crippen LogP contribution in [0.3, 0.4) is 0 Å². The summed E-state index contributed by atoms with van der Waals surface area (Å²) in [5, 5.41) is 21.3. The molecule has 3 N–H and O–H groups in total. The number of aromatic hydroxyl groups is 1. The fourth-order valence-electron chi connectivity index (χ4n) is 1.63. The SMILES string of the molecule is O=C(Nc1cccc(CO)c1)c1cc(O)ccc1Cl. The van der Waals surface area contributed by atoms with Gasteiger partial charge in [-0.25, -0.2) is 0 Å². The second kappa shape index (κ2) is 5.73. The van der Waals surface area contributed by atoms with Crippen LogP contribution in [0.4, 0.5) is 5.69 Å². The van der Waals surface area contributed by atoms with Gasteiger partial charge in [0.05, 0.1) is 17.2 Å². The molecule has 2 aromatic rings. The summed E-state index contributed by atoms with van der Waals surface area (Å²) in [4.78, 5) is 12.0. The molecule has 5 heteroatoms. The fraction of sp³-hybridized carbons (Fsp3) is 0.0714. The van der Waals surface area contributed by atoms with E-state index in [-0.39, 0.29) is 22.9 Å². The molecule has 0 bridgehead atoms. The fourth-order valence-corrected chi connectivity index (χ4v) is 1.84. The maximum absolute atomic E-state index is 12.0. The van der Waals surface area contributed by atoms with Crippen molar-refractivity contribution < 1.29 is 15.0 Å². The number of nitrogens with one attached hydrogen (secondary N) is 1. The molecule has 4 nitrogen and oxygen atoms in total. The third kappa shape index (κ3) is 3.24. The molecule has 0 aliphatic carbocycles. The van der Waals surface area contributed by atoms with Gasteiger partial charge in [0.2, 0.25) is 0 Å². The second-order valence-electron chi connectivity index (χ2n) is 3.98. The number of carbonyl (C=O) groups excluding carboxylic acids is 1. The first kappa shape index (κ1) is 13.4. The number of phenols is 1. The first-order valence-electron chi connectivity index (χ1n) is 5.60. The molecule has 0 aromatic heterocycles. The Morgan fingerprint density at radius 3 is 2.74 bits per heavy atom. The van der Waals surface area contributed by atoms with Crippen LogP contribution in [0.15, 0.2) is 42.5 Å². The highest BCUT2D eigenvalue weighted by atomic mass is 35.5. The number of hydrogen-bond acceptors (Lipinski definition) is 3. The molecule has 0 aliphatic rings. The molecular formula is C14H12ClNO3. The summed E-state index contributed by atoms with van der Waals surface area (Å²) in [6.07, 6.45) is 0. The highest BCUT2D eigenvalue weighted by Gasteiger charge is 2.11. The average molecular weight is 278 g/mol. The van der Waals surface area contributed by atoms with Crippen molar-refractivity contribution in [1.82, 2.24) is 0 Å². The van der Waals surface area contributed by atoms with Crippen molar-refractivity contribution in [2.45, 2.75) is 6.61 Å². The molecule has 1 amide bonds. The molecule has 0 atom stereocenters. The second-order valence-corrected chi connectivity index (χ2v) is 4.38. The van der Waals surface area contributed by atoms with E-state index >= 15 is 0 Å². The van der Waals surface area contributed by atoms with E-state index in [0.29, 0.717) is 11.3 Å². The Morgan fingerprint density at radius 2 is 2.00 bits per heavy atom. The van der Waals surface area contributed by atoms with Crippen LogP contribution in [0, 0.1) is 0 Å². The number of anilines is 1. The summed E-state index contributed by atoms with van der Waals surface area (Å²) in [6.45, 7) is -0.101. The number of aliphatic hydroxyl groups is 1. The molecule has 0 unspecified atom stereocenters. The summed E-state index contributed by atoms with van der Waals surface area (Å²) < 4.78 is 0. The summed E-state index contributed by atoms with van der Waals surface area (Å²) >= 11 is 5.90. The van der Waals surface area contributed by atoms with Crippen LogP contribution in [0.5, 0.6) is 5.75 Å². The predicted octanol–water partition coefficient (Wildman–Crippen LogP) is 2.79. The highest BCUT2D eigenvalue weighted by molar-refractivity contribution is 6.34. The Morgan fingerprint density at radius 1 is 1.21 bits per heavy atom. The van der Waals surface area contributed by atoms with Gasteiger partial charge in [0.15, 0.2) is 0 Å². The molecule has 0 heterocycles. The largest absolute Gasteiger partial charge is 0.508 e. The maximum atomic E-state index is 12.0. The lowest BCUT2D eigenvalue weighted by molar-refractivity contribution is 0.102. The van der Waals surface area contributed by atoms with Gasteiger partial charge in [-0.15, -0.1) is 0 Å². The van der Waals surface area contributed by atoms with Crippen molar-refractivity contribution in [2.75, 3.05) is 5.32 Å². The molecule has 0 saturated heterocycles. The van der Waals surface area contributed by atoms with Gasteiger partial charge in [-0.1, -0.05) is 23.7 Å². The van der Waals surface area contributed by atoms with Gasteiger partial charge in [0, 0.05) is 5.69 Å². The standard InChI is InChI=1S/C14H12ClNO3/c15-13-5-4-11(18)7-12(13)14(19)16-10-3-1-2-9(6-10)8-17/h1-7,17-18H,8H2,(H,16,19). The number of aliphatic hydroxyl groups excluding tert-OH is 1. The molecule has 2 aromatic carbocycles. The van der Waals surface area contributed by atoms with Crippen molar-refractivity contribution in [1.29, 1.82) is 0 Å². The minimum absolute atomic E-state index is 0.0290. The minimum atomic E-state index is -0.420. The molecule has 2 rings (SSSR count). The van der Waals surface area contributed by atoms with E-state index < -0.39 is 5.91 Å². The van der Waals surface area contributed by atoms with E-state index in [1.54, 1.807) is 24.3 Å². The van der Waals surface area contributed by atoms with Crippen LogP contribution in [0.1, 0.15) is 15.9 Å². The summed E-state index contributed by atoms with van der Waals surface area (Å²) in [5.74, 6) is -0.449. The van der Waals surface area contributed by atoms with Crippen molar-refractivity contribution in [2.24, 2.45) is 0 Å². The molecule has 0 spiro atoms. The zero-order chi connectivity index (χ0) is 13.8. The third-order valence-electron chi connectivity index (χ3n) is 2.56. The van der Waals surface area contributed by atoms with Crippen LogP contribution in [0.25, 0.3) is 0 Å². The van der Waals surface area contributed by atoms with Gasteiger partial charge in [-0.2, -0.15) is 0 Å². The van der Waals surface area contributed by atoms with E-state index in [4.69, 9.17) is 16.7 Å². The lowest BCUT2D eigenvalue weighted by Gasteiger charge is -2.08. The van der Waals surface area contributed by atoms with Gasteiger partial charge in [0.25, 0.3) is 5.91 Å². The van der Waals surface area contributed by atoms with Crippen molar-refractivity contribution >= 4 is 23.2 Å². The molecule has 19 heavy (non-hydrogen) atoms. The predicted molar refractivity (Wildman–Crippen MR) is 73.4 cm³/mol. The van der Waals surface area contributed by atoms with Crippen LogP contribution in [-0.2, 0) is 6.61 Å². The van der Waals surface area contributed by atoms with Gasteiger partial charge in [-0.3, -0.25) is 4.79 Å². The first-order valence-corrected chi connectivity index (χ1v) is 5.97. The Kier molecular flexibility index (Phi) is 4.04. The summed E-state index contributed by atoms with van der Waals surface area (Å²) in [5.41, 5.74) is 1.44. The Balaban J connectivity index is 2.23. The van der Waals surface area contributed by atoms with Gasteiger partial charge in [-0.05, 0) is 35.9 Å². The van der Waals surface area contributed by atoms with Crippen LogP contribution >= 0.6 is 11.6 Å². The lowest BCUT2D eigenvalue weighted by atomic mass is 10.1. The van der Waals surface area contributed by atoms with E-state index in [9.17, 15) is 9.90 Å². The lowest BCUT2D eigenvalue weighted by Crippen LogP contribution is -2.12. The normalized spacial score (nSPS) is 10.2. The molecule has 0 radical (unpaired) electrons. The number of benzene rings is 2. The van der Waals surface area contributed by atoms with Crippen LogP contribution in [-0.4, -0.2) is 16.1 Å². The molecule has 98 valence electrons. The quantitative estimate of drug-likeness (QED) is 0.808. The molecule has 0 fully saturated rings. The summed E-state index contributed by atoms with van der Waals surface area (Å²) in [6, 6.07) is 11.0. The van der Waals surface area contributed by atoms with Crippen molar-refractivity contribution in [3.05, 3.63) is 58.6 Å². The Labute approximate surface area is 115 Å². The Hall–Kier alpha value is -2.04. The van der Waals surface area contributed by atoms with Crippen molar-refractivity contribution in [3.8, 4) is 5.75 Å². The number of hydrogen-bond donors (Lipinski definition) is 3. The monoisotopic (exact) mass is 277 g/mol. The first-order chi connectivity index (χ1) is 9.10. The van der Waals surface area contributed by atoms with E-state index in [0.717, 1.165) is 0 Å². The summed E-state index contributed by atoms with van der Waals surface area (Å²) in [7, 11) is 0. The van der Waals surface area contributed by atoms with Crippen LogP contribution in [0.2, 0.25) is 5.02 Å². The average Bonchev–Trinajstić information content (AvgIpc) is 2.41. The molecule has 0 saturated carbocycles. The van der Waals surface area contributed by atoms with E-state index in [1.165, 1.54) is 18.2 Å². The van der Waals surface area contributed by atoms with Crippen molar-refractivity contribution in [3.63, 3.8) is 0 Å².